The van der Waals surface area contributed by atoms with Gasteiger partial charge < -0.3 is 19.6 Å². The number of aliphatic hydroxyl groups is 1. The number of carbonyl (C=O) groups excluding carboxylic acids is 2. The first-order valence-electron chi connectivity index (χ1n) is 9.81. The zero-order valence-electron chi connectivity index (χ0n) is 16.4. The first-order chi connectivity index (χ1) is 14.0. The number of hydrogen-bond donors (Lipinski definition) is 2. The molecule has 29 heavy (non-hydrogen) atoms. The van der Waals surface area contributed by atoms with E-state index in [4.69, 9.17) is 0 Å². The third-order valence-electron chi connectivity index (χ3n) is 5.52. The molecule has 0 aromatic heterocycles. The van der Waals surface area contributed by atoms with E-state index < -0.39 is 5.60 Å². The van der Waals surface area contributed by atoms with E-state index >= 15 is 0 Å². The van der Waals surface area contributed by atoms with Gasteiger partial charge in [-0.15, -0.1) is 0 Å². The molecule has 6 nitrogen and oxygen atoms in total. The maximum atomic E-state index is 12.8. The summed E-state index contributed by atoms with van der Waals surface area (Å²) in [6, 6.07) is 15.8. The molecule has 1 aliphatic carbocycles. The second kappa shape index (κ2) is 8.08. The molecule has 2 fully saturated rings. The fourth-order valence-electron chi connectivity index (χ4n) is 3.61. The van der Waals surface area contributed by atoms with Crippen molar-refractivity contribution in [2.75, 3.05) is 37.2 Å². The highest BCUT2D eigenvalue weighted by Crippen LogP contribution is 2.37. The summed E-state index contributed by atoms with van der Waals surface area (Å²) in [5.74, 6) is -0.210. The summed E-state index contributed by atoms with van der Waals surface area (Å²) in [7, 11) is 0. The maximum absolute atomic E-state index is 12.8. The topological polar surface area (TPSA) is 72.9 Å². The molecule has 152 valence electrons. The van der Waals surface area contributed by atoms with Crippen molar-refractivity contribution in [3.05, 3.63) is 54.1 Å². The Morgan fingerprint density at radius 2 is 1.62 bits per heavy atom. The molecule has 2 amide bonds. The molecule has 2 aromatic rings. The van der Waals surface area contributed by atoms with E-state index in [1.807, 2.05) is 48.7 Å². The Hall–Kier alpha value is -2.51. The van der Waals surface area contributed by atoms with Crippen LogP contribution in [0.25, 0.3) is 11.1 Å². The first-order valence-corrected chi connectivity index (χ1v) is 11.0. The fourth-order valence-corrected chi connectivity index (χ4v) is 3.97. The summed E-state index contributed by atoms with van der Waals surface area (Å²) < 4.78 is 3.23. The van der Waals surface area contributed by atoms with E-state index in [1.54, 1.807) is 21.7 Å². The van der Waals surface area contributed by atoms with Crippen LogP contribution in [0.5, 0.6) is 0 Å². The van der Waals surface area contributed by atoms with Gasteiger partial charge in [0.2, 0.25) is 0 Å². The van der Waals surface area contributed by atoms with Gasteiger partial charge in [0.1, 0.15) is 5.60 Å². The Morgan fingerprint density at radius 1 is 0.966 bits per heavy atom. The normalized spacial score (nSPS) is 17.7. The minimum atomic E-state index is -1.13. The molecule has 0 radical (unpaired) electrons. The first kappa shape index (κ1) is 19.8. The standard InChI is InChI=1S/C22H25N3O3S/c1-29-23-19-4-2-3-18(15-19)16-5-7-17(8-6-16)20(26)24-11-13-25(14-12-24)21(27)22(28)9-10-22/h2-8,15,23,28H,9-14H2,1H3. The zero-order chi connectivity index (χ0) is 20.4. The van der Waals surface area contributed by atoms with Crippen LogP contribution in [-0.2, 0) is 4.79 Å². The molecule has 1 aliphatic heterocycles. The Bertz CT molecular complexity index is 904. The quantitative estimate of drug-likeness (QED) is 0.741. The molecule has 7 heteroatoms. The largest absolute Gasteiger partial charge is 0.380 e. The monoisotopic (exact) mass is 411 g/mol. The van der Waals surface area contributed by atoms with Crippen LogP contribution in [0.2, 0.25) is 0 Å². The number of carbonyl (C=O) groups is 2. The van der Waals surface area contributed by atoms with Crippen LogP contribution in [0.15, 0.2) is 48.5 Å². The Kier molecular flexibility index (Phi) is 5.52. The molecular weight excluding hydrogens is 386 g/mol. The number of nitrogens with one attached hydrogen (secondary N) is 1. The maximum Gasteiger partial charge on any atom is 0.254 e. The van der Waals surface area contributed by atoms with Crippen LogP contribution in [-0.4, -0.2) is 64.8 Å². The highest BCUT2D eigenvalue weighted by Gasteiger charge is 2.50. The van der Waals surface area contributed by atoms with Crippen LogP contribution in [0.1, 0.15) is 23.2 Å². The smallest absolute Gasteiger partial charge is 0.254 e. The van der Waals surface area contributed by atoms with Crippen molar-refractivity contribution in [1.82, 2.24) is 9.80 Å². The minimum Gasteiger partial charge on any atom is -0.380 e. The molecule has 1 saturated heterocycles. The summed E-state index contributed by atoms with van der Waals surface area (Å²) in [4.78, 5) is 28.5. The van der Waals surface area contributed by atoms with Gasteiger partial charge in [-0.2, -0.15) is 0 Å². The van der Waals surface area contributed by atoms with Crippen molar-refractivity contribution >= 4 is 29.4 Å². The number of rotatable bonds is 5. The van der Waals surface area contributed by atoms with Gasteiger partial charge in [-0.1, -0.05) is 36.2 Å². The minimum absolute atomic E-state index is 0.0217. The predicted octanol–water partition coefficient (Wildman–Crippen LogP) is 2.85. The molecular formula is C22H25N3O3S. The van der Waals surface area contributed by atoms with E-state index in [2.05, 4.69) is 10.8 Å². The van der Waals surface area contributed by atoms with Gasteiger partial charge in [0.15, 0.2) is 0 Å². The van der Waals surface area contributed by atoms with Gasteiger partial charge >= 0.3 is 0 Å². The average Bonchev–Trinajstić information content (AvgIpc) is 3.52. The van der Waals surface area contributed by atoms with Crippen molar-refractivity contribution < 1.29 is 14.7 Å². The van der Waals surface area contributed by atoms with Gasteiger partial charge in [-0.25, -0.2) is 0 Å². The number of benzene rings is 2. The summed E-state index contributed by atoms with van der Waals surface area (Å²) in [5, 5.41) is 9.99. The highest BCUT2D eigenvalue weighted by atomic mass is 32.2. The van der Waals surface area contributed by atoms with Gasteiger partial charge in [-0.3, -0.25) is 9.59 Å². The molecule has 0 spiro atoms. The van der Waals surface area contributed by atoms with Crippen LogP contribution >= 0.6 is 11.9 Å². The number of piperazine rings is 1. The average molecular weight is 412 g/mol. The summed E-state index contributed by atoms with van der Waals surface area (Å²) >= 11 is 1.55. The van der Waals surface area contributed by atoms with Crippen LogP contribution in [0.4, 0.5) is 5.69 Å². The number of nitrogens with zero attached hydrogens (tertiary/aromatic N) is 2. The van der Waals surface area contributed by atoms with E-state index in [9.17, 15) is 14.7 Å². The van der Waals surface area contributed by atoms with E-state index in [0.717, 1.165) is 16.8 Å². The SMILES string of the molecule is CSNc1cccc(-c2ccc(C(=O)N3CCN(C(=O)C4(O)CC4)CC3)cc2)c1. The molecule has 2 aliphatic rings. The lowest BCUT2D eigenvalue weighted by Gasteiger charge is -2.35. The third-order valence-corrected chi connectivity index (χ3v) is 5.96. The lowest BCUT2D eigenvalue weighted by Crippen LogP contribution is -2.53. The fraction of sp³-hybridized carbons (Fsp3) is 0.364. The van der Waals surface area contributed by atoms with Gasteiger partial charge in [0.25, 0.3) is 11.8 Å². The van der Waals surface area contributed by atoms with Crippen molar-refractivity contribution in [2.45, 2.75) is 18.4 Å². The molecule has 4 rings (SSSR count). The highest BCUT2D eigenvalue weighted by molar-refractivity contribution is 7.99. The third kappa shape index (κ3) is 4.26. The second-order valence-electron chi connectivity index (χ2n) is 7.58. The summed E-state index contributed by atoms with van der Waals surface area (Å²) in [6.45, 7) is 1.93. The predicted molar refractivity (Wildman–Crippen MR) is 116 cm³/mol. The van der Waals surface area contributed by atoms with E-state index in [0.29, 0.717) is 44.6 Å². The molecule has 2 N–H and O–H groups in total. The number of anilines is 1. The Labute approximate surface area is 175 Å². The van der Waals surface area contributed by atoms with Crippen LogP contribution < -0.4 is 4.72 Å². The zero-order valence-corrected chi connectivity index (χ0v) is 17.2. The van der Waals surface area contributed by atoms with Gasteiger partial charge in [-0.05, 0) is 48.2 Å². The second-order valence-corrected chi connectivity index (χ2v) is 8.19. The van der Waals surface area contributed by atoms with Gasteiger partial charge in [0.05, 0.1) is 0 Å². The van der Waals surface area contributed by atoms with E-state index in [-0.39, 0.29) is 11.8 Å². The number of amides is 2. The number of hydrogen-bond acceptors (Lipinski definition) is 5. The summed E-state index contributed by atoms with van der Waals surface area (Å²) in [6.07, 6.45) is 3.08. The van der Waals surface area contributed by atoms with Crippen molar-refractivity contribution in [1.29, 1.82) is 0 Å². The van der Waals surface area contributed by atoms with E-state index in [1.165, 1.54) is 0 Å². The van der Waals surface area contributed by atoms with Crippen molar-refractivity contribution in [3.8, 4) is 11.1 Å². The van der Waals surface area contributed by atoms with Crippen molar-refractivity contribution in [2.24, 2.45) is 0 Å². The lowest BCUT2D eigenvalue weighted by atomic mass is 10.0. The molecule has 1 heterocycles. The van der Waals surface area contributed by atoms with Crippen LogP contribution in [0, 0.1) is 0 Å². The molecule has 2 aromatic carbocycles. The molecule has 0 atom stereocenters. The molecule has 0 bridgehead atoms. The lowest BCUT2D eigenvalue weighted by molar-refractivity contribution is -0.143. The Morgan fingerprint density at radius 3 is 2.24 bits per heavy atom. The molecule has 1 saturated carbocycles. The van der Waals surface area contributed by atoms with Crippen LogP contribution in [0.3, 0.4) is 0 Å². The van der Waals surface area contributed by atoms with Gasteiger partial charge in [0, 0.05) is 43.7 Å². The Balaban J connectivity index is 1.38. The molecule has 0 unspecified atom stereocenters. The summed E-state index contributed by atoms with van der Waals surface area (Å²) in [5.41, 5.74) is 2.70. The van der Waals surface area contributed by atoms with Crippen molar-refractivity contribution in [3.63, 3.8) is 0 Å².